The van der Waals surface area contributed by atoms with E-state index in [1.165, 1.54) is 0 Å². The van der Waals surface area contributed by atoms with Gasteiger partial charge >= 0.3 is 0 Å². The summed E-state index contributed by atoms with van der Waals surface area (Å²) in [6.07, 6.45) is 1.56. The van der Waals surface area contributed by atoms with Crippen LogP contribution < -0.4 is 0 Å². The Morgan fingerprint density at radius 3 is 2.46 bits per heavy atom. The summed E-state index contributed by atoms with van der Waals surface area (Å²) in [6, 6.07) is 0.581. The average Bonchev–Trinajstić information content (AvgIpc) is 2.49. The van der Waals surface area contributed by atoms with Crippen molar-refractivity contribution < 1.29 is 9.13 Å². The Morgan fingerprint density at radius 2 is 1.92 bits per heavy atom. The smallest absolute Gasteiger partial charge is 0.116 e. The zero-order valence-electron chi connectivity index (χ0n) is 8.21. The second-order valence-corrected chi connectivity index (χ2v) is 4.29. The van der Waals surface area contributed by atoms with E-state index in [-0.39, 0.29) is 5.92 Å². The molecule has 2 aliphatic heterocycles. The Balaban J connectivity index is 1.87. The number of likely N-dealkylation sites (tertiary alicyclic amines) is 1. The van der Waals surface area contributed by atoms with Crippen molar-refractivity contribution in [1.29, 1.82) is 0 Å². The number of rotatable bonds is 1. The highest BCUT2D eigenvalue weighted by molar-refractivity contribution is 4.86. The first-order valence-corrected chi connectivity index (χ1v) is 5.23. The monoisotopic (exact) mass is 187 g/mol. The van der Waals surface area contributed by atoms with Crippen LogP contribution in [0.2, 0.25) is 0 Å². The molecule has 2 fully saturated rings. The van der Waals surface area contributed by atoms with E-state index in [9.17, 15) is 4.39 Å². The molecule has 0 aliphatic carbocycles. The van der Waals surface area contributed by atoms with Crippen molar-refractivity contribution in [2.75, 3.05) is 26.3 Å². The molecule has 0 aromatic heterocycles. The first-order chi connectivity index (χ1) is 6.27. The van der Waals surface area contributed by atoms with Crippen molar-refractivity contribution in [2.45, 2.75) is 32.0 Å². The number of hydrogen-bond acceptors (Lipinski definition) is 2. The molecule has 2 aliphatic rings. The van der Waals surface area contributed by atoms with Crippen LogP contribution in [0, 0.1) is 5.92 Å². The van der Waals surface area contributed by atoms with Gasteiger partial charge in [0.25, 0.3) is 0 Å². The summed E-state index contributed by atoms with van der Waals surface area (Å²) in [5.74, 6) is 0.225. The molecule has 3 heteroatoms. The van der Waals surface area contributed by atoms with Gasteiger partial charge in [-0.15, -0.1) is 0 Å². The van der Waals surface area contributed by atoms with Gasteiger partial charge < -0.3 is 4.74 Å². The van der Waals surface area contributed by atoms with E-state index < -0.39 is 6.17 Å². The van der Waals surface area contributed by atoms with E-state index in [1.54, 1.807) is 0 Å². The zero-order valence-corrected chi connectivity index (χ0v) is 8.21. The van der Waals surface area contributed by atoms with E-state index in [0.29, 0.717) is 12.6 Å². The first kappa shape index (κ1) is 9.41. The molecule has 0 spiro atoms. The summed E-state index contributed by atoms with van der Waals surface area (Å²) in [5, 5.41) is 0. The van der Waals surface area contributed by atoms with Gasteiger partial charge in [0.1, 0.15) is 6.17 Å². The lowest BCUT2D eigenvalue weighted by Gasteiger charge is -2.30. The van der Waals surface area contributed by atoms with E-state index >= 15 is 0 Å². The number of nitrogens with zero attached hydrogens (tertiary/aromatic N) is 1. The third-order valence-corrected chi connectivity index (χ3v) is 3.26. The van der Waals surface area contributed by atoms with E-state index in [4.69, 9.17) is 4.74 Å². The molecule has 0 radical (unpaired) electrons. The largest absolute Gasteiger partial charge is 0.381 e. The fourth-order valence-corrected chi connectivity index (χ4v) is 2.31. The molecule has 0 saturated carbocycles. The molecule has 0 bridgehead atoms. The highest BCUT2D eigenvalue weighted by Crippen LogP contribution is 2.25. The summed E-state index contributed by atoms with van der Waals surface area (Å²) in [4.78, 5) is 2.30. The van der Waals surface area contributed by atoms with Gasteiger partial charge in [-0.05, 0) is 12.8 Å². The number of halogens is 1. The minimum absolute atomic E-state index is 0.225. The van der Waals surface area contributed by atoms with Gasteiger partial charge in [0, 0.05) is 38.3 Å². The summed E-state index contributed by atoms with van der Waals surface area (Å²) in [6.45, 7) is 5.29. The minimum atomic E-state index is -0.608. The number of ether oxygens (including phenoxy) is 1. The summed E-state index contributed by atoms with van der Waals surface area (Å²) >= 11 is 0. The van der Waals surface area contributed by atoms with Crippen molar-refractivity contribution in [3.05, 3.63) is 0 Å². The van der Waals surface area contributed by atoms with Crippen molar-refractivity contribution in [3.63, 3.8) is 0 Å². The summed E-state index contributed by atoms with van der Waals surface area (Å²) in [7, 11) is 0. The molecule has 2 saturated heterocycles. The minimum Gasteiger partial charge on any atom is -0.381 e. The predicted molar refractivity (Wildman–Crippen MR) is 49.5 cm³/mol. The molecule has 2 heterocycles. The van der Waals surface area contributed by atoms with Crippen molar-refractivity contribution in [1.82, 2.24) is 4.90 Å². The molecule has 13 heavy (non-hydrogen) atoms. The van der Waals surface area contributed by atoms with E-state index in [1.807, 2.05) is 6.92 Å². The fourth-order valence-electron chi connectivity index (χ4n) is 2.31. The third kappa shape index (κ3) is 2.02. The fraction of sp³-hybridized carbons (Fsp3) is 1.00. The van der Waals surface area contributed by atoms with Gasteiger partial charge in [0.15, 0.2) is 0 Å². The Morgan fingerprint density at radius 1 is 1.23 bits per heavy atom. The normalized spacial score (nSPS) is 38.3. The average molecular weight is 187 g/mol. The molecule has 2 nitrogen and oxygen atoms in total. The number of alkyl halides is 1. The SMILES string of the molecule is CC1CN(C2CCOCC2)CC1F. The molecular formula is C10H18FNO. The van der Waals surface area contributed by atoms with Crippen LogP contribution >= 0.6 is 0 Å². The molecule has 2 rings (SSSR count). The van der Waals surface area contributed by atoms with Gasteiger partial charge in [0.05, 0.1) is 0 Å². The lowest BCUT2D eigenvalue weighted by atomic mass is 10.1. The summed E-state index contributed by atoms with van der Waals surface area (Å²) < 4.78 is 18.5. The van der Waals surface area contributed by atoms with Crippen LogP contribution in [0.3, 0.4) is 0 Å². The van der Waals surface area contributed by atoms with Crippen molar-refractivity contribution in [2.24, 2.45) is 5.92 Å². The van der Waals surface area contributed by atoms with Gasteiger partial charge in [-0.3, -0.25) is 4.90 Å². The van der Waals surface area contributed by atoms with Gasteiger partial charge in [-0.1, -0.05) is 6.92 Å². The van der Waals surface area contributed by atoms with E-state index in [2.05, 4.69) is 4.90 Å². The highest BCUT2D eigenvalue weighted by atomic mass is 19.1. The molecule has 0 amide bonds. The second kappa shape index (κ2) is 3.93. The van der Waals surface area contributed by atoms with Crippen LogP contribution in [0.25, 0.3) is 0 Å². The van der Waals surface area contributed by atoms with Gasteiger partial charge in [-0.25, -0.2) is 4.39 Å². The molecule has 76 valence electrons. The maximum absolute atomic E-state index is 13.2. The Bertz CT molecular complexity index is 160. The van der Waals surface area contributed by atoms with Crippen LogP contribution in [0.15, 0.2) is 0 Å². The Kier molecular flexibility index (Phi) is 2.84. The molecular weight excluding hydrogens is 169 g/mol. The van der Waals surface area contributed by atoms with Crippen LogP contribution in [-0.4, -0.2) is 43.4 Å². The quantitative estimate of drug-likeness (QED) is 0.616. The standard InChI is InChI=1S/C10H18FNO/c1-8-6-12(7-10(8)11)9-2-4-13-5-3-9/h8-10H,2-7H2,1H3. The topological polar surface area (TPSA) is 12.5 Å². The maximum atomic E-state index is 13.2. The Hall–Kier alpha value is -0.150. The van der Waals surface area contributed by atoms with Gasteiger partial charge in [0.2, 0.25) is 0 Å². The molecule has 0 N–H and O–H groups in total. The predicted octanol–water partition coefficient (Wildman–Crippen LogP) is 1.46. The van der Waals surface area contributed by atoms with Crippen LogP contribution in [0.4, 0.5) is 4.39 Å². The first-order valence-electron chi connectivity index (χ1n) is 5.23. The number of hydrogen-bond donors (Lipinski definition) is 0. The van der Waals surface area contributed by atoms with Crippen molar-refractivity contribution >= 4 is 0 Å². The van der Waals surface area contributed by atoms with Gasteiger partial charge in [-0.2, -0.15) is 0 Å². The zero-order chi connectivity index (χ0) is 9.26. The van der Waals surface area contributed by atoms with E-state index in [0.717, 1.165) is 32.6 Å². The van der Waals surface area contributed by atoms with Crippen molar-refractivity contribution in [3.8, 4) is 0 Å². The van der Waals surface area contributed by atoms with Crippen LogP contribution in [0.5, 0.6) is 0 Å². The second-order valence-electron chi connectivity index (χ2n) is 4.29. The summed E-state index contributed by atoms with van der Waals surface area (Å²) in [5.41, 5.74) is 0. The third-order valence-electron chi connectivity index (χ3n) is 3.26. The Labute approximate surface area is 79.1 Å². The van der Waals surface area contributed by atoms with Crippen LogP contribution in [-0.2, 0) is 4.74 Å². The maximum Gasteiger partial charge on any atom is 0.116 e. The highest BCUT2D eigenvalue weighted by Gasteiger charge is 2.33. The molecule has 0 aromatic rings. The lowest BCUT2D eigenvalue weighted by Crippen LogP contribution is -2.38. The van der Waals surface area contributed by atoms with Crippen LogP contribution in [0.1, 0.15) is 19.8 Å². The molecule has 0 aromatic carbocycles. The molecule has 2 unspecified atom stereocenters. The molecule has 2 atom stereocenters. The lowest BCUT2D eigenvalue weighted by molar-refractivity contribution is 0.0400.